The van der Waals surface area contributed by atoms with Gasteiger partial charge in [0.1, 0.15) is 23.3 Å². The Labute approximate surface area is 223 Å². The molecular formula is C24H26Cl2F3N5OS. The van der Waals surface area contributed by atoms with Gasteiger partial charge >= 0.3 is 0 Å². The molecule has 4 heterocycles. The summed E-state index contributed by atoms with van der Waals surface area (Å²) in [4.78, 5) is 23.1. The Morgan fingerprint density at radius 1 is 1.19 bits per heavy atom. The third kappa shape index (κ3) is 6.41. The SMILES string of the molecule is Cl.Cl.O=C1CSc2ccc(CN[C@@H]3CCN(CCc4ccnc5c(F)cc(F)cc45)C[C@H]3F)nc2N1. The van der Waals surface area contributed by atoms with Crippen LogP contribution in [0.5, 0.6) is 0 Å². The molecule has 0 spiro atoms. The Hall–Kier alpha value is -2.11. The highest BCUT2D eigenvalue weighted by Gasteiger charge is 2.29. The number of carbonyl (C=O) groups excluding carboxylic acids is 1. The van der Waals surface area contributed by atoms with E-state index in [1.165, 1.54) is 24.0 Å². The topological polar surface area (TPSA) is 70.2 Å². The lowest BCUT2D eigenvalue weighted by atomic mass is 10.0. The van der Waals surface area contributed by atoms with E-state index in [-0.39, 0.29) is 48.8 Å². The number of rotatable bonds is 6. The fourth-order valence-electron chi connectivity index (χ4n) is 4.47. The van der Waals surface area contributed by atoms with Crippen molar-refractivity contribution in [2.45, 2.75) is 36.5 Å². The number of aromatic nitrogens is 2. The highest BCUT2D eigenvalue weighted by atomic mass is 35.5. The molecule has 5 rings (SSSR count). The van der Waals surface area contributed by atoms with Crippen LogP contribution in [0, 0.1) is 11.6 Å². The number of hydrogen-bond donors (Lipinski definition) is 2. The maximum absolute atomic E-state index is 14.9. The van der Waals surface area contributed by atoms with Gasteiger partial charge in [0.2, 0.25) is 5.91 Å². The normalized spacial score (nSPS) is 19.7. The smallest absolute Gasteiger partial charge is 0.235 e. The van der Waals surface area contributed by atoms with Crippen LogP contribution in [0.3, 0.4) is 0 Å². The van der Waals surface area contributed by atoms with Gasteiger partial charge in [-0.15, -0.1) is 36.6 Å². The van der Waals surface area contributed by atoms with Gasteiger partial charge in [0.15, 0.2) is 5.82 Å². The van der Waals surface area contributed by atoms with E-state index in [4.69, 9.17) is 0 Å². The van der Waals surface area contributed by atoms with E-state index in [1.54, 1.807) is 6.07 Å². The summed E-state index contributed by atoms with van der Waals surface area (Å²) < 4.78 is 42.6. The summed E-state index contributed by atoms with van der Waals surface area (Å²) in [5, 5.41) is 6.49. The molecule has 1 amide bonds. The number of fused-ring (bicyclic) bond motifs is 2. The second kappa shape index (κ2) is 12.4. The van der Waals surface area contributed by atoms with Gasteiger partial charge in [0.05, 0.1) is 16.3 Å². The average molecular weight is 560 g/mol. The monoisotopic (exact) mass is 559 g/mol. The van der Waals surface area contributed by atoms with E-state index in [9.17, 15) is 18.0 Å². The summed E-state index contributed by atoms with van der Waals surface area (Å²) in [6.45, 7) is 2.01. The molecule has 1 saturated heterocycles. The van der Waals surface area contributed by atoms with Crippen molar-refractivity contribution in [1.82, 2.24) is 20.2 Å². The predicted octanol–water partition coefficient (Wildman–Crippen LogP) is 4.54. The molecule has 2 N–H and O–H groups in total. The summed E-state index contributed by atoms with van der Waals surface area (Å²) in [5.74, 6) is -0.428. The van der Waals surface area contributed by atoms with E-state index in [0.717, 1.165) is 22.2 Å². The second-order valence-corrected chi connectivity index (χ2v) is 9.60. The van der Waals surface area contributed by atoms with Crippen LogP contribution in [-0.2, 0) is 17.8 Å². The highest BCUT2D eigenvalue weighted by Crippen LogP contribution is 2.29. The first-order valence-corrected chi connectivity index (χ1v) is 12.2. The molecule has 2 aliphatic heterocycles. The van der Waals surface area contributed by atoms with Gasteiger partial charge in [-0.1, -0.05) is 0 Å². The number of anilines is 1. The number of amides is 1. The summed E-state index contributed by atoms with van der Waals surface area (Å²) in [5.41, 5.74) is 1.70. The Balaban J connectivity index is 0.00000180. The lowest BCUT2D eigenvalue weighted by Gasteiger charge is -2.35. The molecule has 2 atom stereocenters. The van der Waals surface area contributed by atoms with E-state index < -0.39 is 17.8 Å². The summed E-state index contributed by atoms with van der Waals surface area (Å²) in [6, 6.07) is 7.42. The van der Waals surface area contributed by atoms with Crippen molar-refractivity contribution in [1.29, 1.82) is 0 Å². The first kappa shape index (κ1) is 28.5. The van der Waals surface area contributed by atoms with Gasteiger partial charge in [0.25, 0.3) is 0 Å². The predicted molar refractivity (Wildman–Crippen MR) is 140 cm³/mol. The fourth-order valence-corrected chi connectivity index (χ4v) is 5.23. The van der Waals surface area contributed by atoms with Crippen LogP contribution >= 0.6 is 36.6 Å². The Morgan fingerprint density at radius 3 is 2.83 bits per heavy atom. The Morgan fingerprint density at radius 2 is 2.03 bits per heavy atom. The average Bonchev–Trinajstić information content (AvgIpc) is 2.82. The zero-order valence-electron chi connectivity index (χ0n) is 19.2. The minimum Gasteiger partial charge on any atom is -0.309 e. The summed E-state index contributed by atoms with van der Waals surface area (Å²) in [6.07, 6.45) is 1.66. The third-order valence-corrected chi connectivity index (χ3v) is 7.30. The van der Waals surface area contributed by atoms with Gasteiger partial charge < -0.3 is 10.6 Å². The number of benzene rings is 1. The third-order valence-electron chi connectivity index (χ3n) is 6.25. The van der Waals surface area contributed by atoms with Crippen molar-refractivity contribution >= 4 is 59.2 Å². The van der Waals surface area contributed by atoms with E-state index in [2.05, 4.69) is 20.6 Å². The van der Waals surface area contributed by atoms with Gasteiger partial charge in [0, 0.05) is 43.3 Å². The molecule has 194 valence electrons. The maximum Gasteiger partial charge on any atom is 0.235 e. The number of halogens is 5. The molecule has 2 aliphatic rings. The minimum absolute atomic E-state index is 0. The van der Waals surface area contributed by atoms with Gasteiger partial charge in [-0.2, -0.15) is 0 Å². The molecule has 1 fully saturated rings. The van der Waals surface area contributed by atoms with Crippen LogP contribution in [0.25, 0.3) is 10.9 Å². The van der Waals surface area contributed by atoms with E-state index >= 15 is 0 Å². The second-order valence-electron chi connectivity index (χ2n) is 8.58. The molecule has 0 radical (unpaired) electrons. The highest BCUT2D eigenvalue weighted by molar-refractivity contribution is 8.00. The van der Waals surface area contributed by atoms with E-state index in [1.807, 2.05) is 17.0 Å². The molecule has 0 unspecified atom stereocenters. The lowest BCUT2D eigenvalue weighted by Crippen LogP contribution is -2.51. The quantitative estimate of drug-likeness (QED) is 0.462. The number of thioether (sulfide) groups is 1. The zero-order chi connectivity index (χ0) is 23.7. The largest absolute Gasteiger partial charge is 0.309 e. The van der Waals surface area contributed by atoms with Crippen LogP contribution in [0.2, 0.25) is 0 Å². The number of alkyl halides is 1. The number of carbonyl (C=O) groups is 1. The van der Waals surface area contributed by atoms with Crippen LogP contribution in [0.15, 0.2) is 41.4 Å². The zero-order valence-corrected chi connectivity index (χ0v) is 21.6. The number of nitrogens with zero attached hydrogens (tertiary/aromatic N) is 3. The van der Waals surface area contributed by atoms with Crippen LogP contribution in [0.1, 0.15) is 17.7 Å². The molecule has 3 aromatic rings. The molecule has 12 heteroatoms. The molecule has 6 nitrogen and oxygen atoms in total. The van der Waals surface area contributed by atoms with Crippen molar-refractivity contribution in [3.05, 3.63) is 59.4 Å². The van der Waals surface area contributed by atoms with Crippen molar-refractivity contribution in [2.24, 2.45) is 0 Å². The molecular weight excluding hydrogens is 534 g/mol. The number of piperidine rings is 1. The first-order valence-electron chi connectivity index (χ1n) is 11.2. The molecule has 36 heavy (non-hydrogen) atoms. The minimum atomic E-state index is -1.05. The Kier molecular flexibility index (Phi) is 9.82. The van der Waals surface area contributed by atoms with Crippen LogP contribution < -0.4 is 10.6 Å². The summed E-state index contributed by atoms with van der Waals surface area (Å²) >= 11 is 1.46. The molecule has 0 bridgehead atoms. The number of nitrogens with one attached hydrogen (secondary N) is 2. The van der Waals surface area contributed by atoms with E-state index in [0.29, 0.717) is 49.4 Å². The Bertz CT molecular complexity index is 1240. The van der Waals surface area contributed by atoms with Crippen molar-refractivity contribution in [3.63, 3.8) is 0 Å². The van der Waals surface area contributed by atoms with Crippen molar-refractivity contribution < 1.29 is 18.0 Å². The molecule has 1 aromatic carbocycles. The molecule has 2 aromatic heterocycles. The fraction of sp³-hybridized carbons (Fsp3) is 0.375. The lowest BCUT2D eigenvalue weighted by molar-refractivity contribution is -0.113. The van der Waals surface area contributed by atoms with Gasteiger partial charge in [-0.3, -0.25) is 14.7 Å². The first-order chi connectivity index (χ1) is 16.5. The van der Waals surface area contributed by atoms with Gasteiger partial charge in [-0.25, -0.2) is 18.2 Å². The van der Waals surface area contributed by atoms with Crippen molar-refractivity contribution in [2.75, 3.05) is 30.7 Å². The van der Waals surface area contributed by atoms with Gasteiger partial charge in [-0.05, 0) is 49.2 Å². The number of pyridine rings is 2. The van der Waals surface area contributed by atoms with Crippen LogP contribution in [-0.4, -0.2) is 58.4 Å². The number of hydrogen-bond acceptors (Lipinski definition) is 6. The molecule has 0 aliphatic carbocycles. The maximum atomic E-state index is 14.9. The molecule has 0 saturated carbocycles. The van der Waals surface area contributed by atoms with Crippen LogP contribution in [0.4, 0.5) is 19.0 Å². The number of likely N-dealkylation sites (tertiary alicyclic amines) is 1. The summed E-state index contributed by atoms with van der Waals surface area (Å²) in [7, 11) is 0. The van der Waals surface area contributed by atoms with Crippen molar-refractivity contribution in [3.8, 4) is 0 Å². The standard InChI is InChI=1S/C24H24F3N5OS.2ClH/c25-15-9-17-14(3-6-28-23(17)18(26)10-15)4-7-32-8-5-20(19(27)12-32)29-11-16-1-2-21-24(30-16)31-22(33)13-34-21;;/h1-3,6,9-10,19-20,29H,4-5,7-8,11-13H2,(H,30,31,33);2*1H/t19-,20-;;/m1../s1.